The molecule has 1 aromatic heterocycles. The number of hydrogen-bond acceptors (Lipinski definition) is 3. The van der Waals surface area contributed by atoms with Gasteiger partial charge in [0.1, 0.15) is 0 Å². The van der Waals surface area contributed by atoms with Crippen molar-refractivity contribution in [2.75, 3.05) is 26.2 Å². The van der Waals surface area contributed by atoms with E-state index in [9.17, 15) is 5.11 Å². The Bertz CT molecular complexity index is 487. The van der Waals surface area contributed by atoms with Crippen molar-refractivity contribution in [1.82, 2.24) is 15.6 Å². The van der Waals surface area contributed by atoms with Gasteiger partial charge in [-0.3, -0.25) is 9.98 Å². The van der Waals surface area contributed by atoms with E-state index in [1.54, 1.807) is 0 Å². The summed E-state index contributed by atoms with van der Waals surface area (Å²) in [5.41, 5.74) is 2.36. The Morgan fingerprint density at radius 1 is 1.20 bits per heavy atom. The number of nitrogens with zero attached hydrogens (tertiary/aromatic N) is 2. The maximum Gasteiger partial charge on any atom is 0.191 e. The fourth-order valence-electron chi connectivity index (χ4n) is 2.70. The molecule has 0 radical (unpaired) electrons. The van der Waals surface area contributed by atoms with Crippen molar-refractivity contribution in [3.05, 3.63) is 29.6 Å². The second-order valence-corrected chi connectivity index (χ2v) is 6.36. The van der Waals surface area contributed by atoms with E-state index in [4.69, 9.17) is 4.99 Å². The lowest BCUT2D eigenvalue weighted by atomic mass is 9.79. The molecule has 0 saturated carbocycles. The van der Waals surface area contributed by atoms with Crippen molar-refractivity contribution in [2.45, 2.75) is 53.4 Å². The number of halogens is 1. The zero-order valence-corrected chi connectivity index (χ0v) is 18.5. The molecule has 5 nitrogen and oxygen atoms in total. The average Bonchev–Trinajstić information content (AvgIpc) is 2.60. The molecule has 1 heterocycles. The molecule has 0 saturated heterocycles. The van der Waals surface area contributed by atoms with Gasteiger partial charge >= 0.3 is 0 Å². The minimum atomic E-state index is 0. The predicted octanol–water partition coefficient (Wildman–Crippen LogP) is 3.29. The van der Waals surface area contributed by atoms with Crippen LogP contribution in [0.3, 0.4) is 0 Å². The SMILES string of the molecule is CCNC(=NCC(CC)(CC)CCO)NCCc1ccc(C)nc1.I. The molecule has 3 N–H and O–H groups in total. The maximum atomic E-state index is 9.33. The number of aliphatic hydroxyl groups excluding tert-OH is 1. The van der Waals surface area contributed by atoms with Crippen molar-refractivity contribution < 1.29 is 5.11 Å². The Kier molecular flexibility index (Phi) is 12.9. The Hall–Kier alpha value is -0.890. The molecule has 0 fully saturated rings. The highest BCUT2D eigenvalue weighted by Crippen LogP contribution is 2.30. The van der Waals surface area contributed by atoms with Gasteiger partial charge in [0, 0.05) is 38.1 Å². The lowest BCUT2D eigenvalue weighted by molar-refractivity contribution is 0.175. The summed E-state index contributed by atoms with van der Waals surface area (Å²) < 4.78 is 0. The van der Waals surface area contributed by atoms with Crippen LogP contribution in [0.5, 0.6) is 0 Å². The first-order chi connectivity index (χ1) is 11.6. The van der Waals surface area contributed by atoms with Crippen LogP contribution in [-0.4, -0.2) is 42.3 Å². The molecule has 0 spiro atoms. The minimum absolute atomic E-state index is 0. The van der Waals surface area contributed by atoms with Crippen LogP contribution < -0.4 is 10.6 Å². The van der Waals surface area contributed by atoms with E-state index in [2.05, 4.69) is 42.5 Å². The van der Waals surface area contributed by atoms with Gasteiger partial charge in [0.15, 0.2) is 5.96 Å². The van der Waals surface area contributed by atoms with Crippen LogP contribution in [0.1, 0.15) is 51.3 Å². The van der Waals surface area contributed by atoms with E-state index in [-0.39, 0.29) is 36.0 Å². The third kappa shape index (κ3) is 8.85. The largest absolute Gasteiger partial charge is 0.396 e. The number of aryl methyl sites for hydroxylation is 1. The van der Waals surface area contributed by atoms with Crippen LogP contribution >= 0.6 is 24.0 Å². The molecule has 1 rings (SSSR count). The predicted molar refractivity (Wildman–Crippen MR) is 117 cm³/mol. The molecule has 0 amide bonds. The van der Waals surface area contributed by atoms with Gasteiger partial charge in [-0.25, -0.2) is 0 Å². The highest BCUT2D eigenvalue weighted by molar-refractivity contribution is 14.0. The number of rotatable bonds is 10. The molecule has 0 aliphatic carbocycles. The molecular formula is C19H35IN4O. The van der Waals surface area contributed by atoms with E-state index < -0.39 is 0 Å². The molecule has 0 aliphatic rings. The molecule has 1 aromatic rings. The summed E-state index contributed by atoms with van der Waals surface area (Å²) in [4.78, 5) is 9.09. The minimum Gasteiger partial charge on any atom is -0.396 e. The summed E-state index contributed by atoms with van der Waals surface area (Å²) >= 11 is 0. The number of guanidine groups is 1. The first-order valence-electron chi connectivity index (χ1n) is 9.13. The summed E-state index contributed by atoms with van der Waals surface area (Å²) in [6, 6.07) is 4.16. The van der Waals surface area contributed by atoms with Crippen LogP contribution in [0.2, 0.25) is 0 Å². The van der Waals surface area contributed by atoms with Crippen molar-refractivity contribution in [3.63, 3.8) is 0 Å². The molecular weight excluding hydrogens is 427 g/mol. The van der Waals surface area contributed by atoms with Crippen molar-refractivity contribution in [1.29, 1.82) is 0 Å². The number of nitrogens with one attached hydrogen (secondary N) is 2. The number of aliphatic imine (C=N–C) groups is 1. The molecule has 144 valence electrons. The molecule has 0 atom stereocenters. The molecule has 6 heteroatoms. The van der Waals surface area contributed by atoms with E-state index >= 15 is 0 Å². The van der Waals surface area contributed by atoms with Gasteiger partial charge in [0.2, 0.25) is 0 Å². The fraction of sp³-hybridized carbons (Fsp3) is 0.684. The summed E-state index contributed by atoms with van der Waals surface area (Å²) in [5, 5.41) is 16.0. The molecule has 25 heavy (non-hydrogen) atoms. The third-order valence-electron chi connectivity index (χ3n) is 4.74. The summed E-state index contributed by atoms with van der Waals surface area (Å²) in [7, 11) is 0. The highest BCUT2D eigenvalue weighted by Gasteiger charge is 2.25. The van der Waals surface area contributed by atoms with Gasteiger partial charge in [0.05, 0.1) is 0 Å². The van der Waals surface area contributed by atoms with E-state index in [1.807, 2.05) is 19.2 Å². The smallest absolute Gasteiger partial charge is 0.191 e. The normalized spacial score (nSPS) is 11.8. The van der Waals surface area contributed by atoms with Gasteiger partial charge in [-0.05, 0) is 56.6 Å². The third-order valence-corrected chi connectivity index (χ3v) is 4.74. The Morgan fingerprint density at radius 2 is 1.92 bits per heavy atom. The molecule has 0 bridgehead atoms. The van der Waals surface area contributed by atoms with Crippen LogP contribution in [0.15, 0.2) is 23.3 Å². The summed E-state index contributed by atoms with van der Waals surface area (Å²) in [5.74, 6) is 0.849. The first kappa shape index (κ1) is 24.1. The van der Waals surface area contributed by atoms with Crippen molar-refractivity contribution in [3.8, 4) is 0 Å². The second-order valence-electron chi connectivity index (χ2n) is 6.36. The van der Waals surface area contributed by atoms with Crippen molar-refractivity contribution in [2.24, 2.45) is 10.4 Å². The van der Waals surface area contributed by atoms with Crippen molar-refractivity contribution >= 4 is 29.9 Å². The lowest BCUT2D eigenvalue weighted by Crippen LogP contribution is -2.39. The van der Waals surface area contributed by atoms with Gasteiger partial charge in [-0.15, -0.1) is 24.0 Å². The van der Waals surface area contributed by atoms with Crippen LogP contribution in [0, 0.1) is 12.3 Å². The lowest BCUT2D eigenvalue weighted by Gasteiger charge is -2.29. The topological polar surface area (TPSA) is 69.5 Å². The van der Waals surface area contributed by atoms with Gasteiger partial charge < -0.3 is 15.7 Å². The van der Waals surface area contributed by atoms with Crippen LogP contribution in [0.4, 0.5) is 0 Å². The van der Waals surface area contributed by atoms with Crippen LogP contribution in [0.25, 0.3) is 0 Å². The monoisotopic (exact) mass is 462 g/mol. The quantitative estimate of drug-likeness (QED) is 0.284. The van der Waals surface area contributed by atoms with Gasteiger partial charge in [-0.1, -0.05) is 19.9 Å². The first-order valence-corrected chi connectivity index (χ1v) is 9.13. The standard InChI is InChI=1S/C19H34N4O.HI/c1-5-19(6-2,11-13-24)15-23-18(20-7-3)21-12-10-17-9-8-16(4)22-14-17;/h8-9,14,24H,5-7,10-13,15H2,1-4H3,(H2,20,21,23);1H. The van der Waals surface area contributed by atoms with Gasteiger partial charge in [0.25, 0.3) is 0 Å². The summed E-state index contributed by atoms with van der Waals surface area (Å²) in [6.45, 7) is 11.0. The fourth-order valence-corrected chi connectivity index (χ4v) is 2.70. The van der Waals surface area contributed by atoms with Crippen LogP contribution in [-0.2, 0) is 6.42 Å². The molecule has 0 unspecified atom stereocenters. The maximum absolute atomic E-state index is 9.33. The Labute approximate surface area is 170 Å². The zero-order valence-electron chi connectivity index (χ0n) is 16.1. The number of aliphatic hydroxyl groups is 1. The highest BCUT2D eigenvalue weighted by atomic mass is 127. The van der Waals surface area contributed by atoms with E-state index in [1.165, 1.54) is 5.56 Å². The van der Waals surface area contributed by atoms with Gasteiger partial charge in [-0.2, -0.15) is 0 Å². The average molecular weight is 462 g/mol. The molecule has 0 aliphatic heterocycles. The zero-order chi connectivity index (χ0) is 17.8. The van der Waals surface area contributed by atoms with E-state index in [0.29, 0.717) is 0 Å². The second kappa shape index (κ2) is 13.3. The number of pyridine rings is 1. The van der Waals surface area contributed by atoms with E-state index in [0.717, 1.165) is 57.0 Å². The summed E-state index contributed by atoms with van der Waals surface area (Å²) in [6.07, 6.45) is 5.71. The number of aromatic nitrogens is 1. The Morgan fingerprint density at radius 3 is 2.44 bits per heavy atom. The number of hydrogen-bond donors (Lipinski definition) is 3. The Balaban J connectivity index is 0.00000576. The molecule has 0 aromatic carbocycles.